The van der Waals surface area contributed by atoms with E-state index in [1.54, 1.807) is 0 Å². The SMILES string of the molecule is Cc1ccc(SCc2c(C(=O)N/N=C/c3ccc(F)cc3F)nnn2-c2nonc2N)cc1. The number of hydrazone groups is 1. The number of thioether (sulfide) groups is 1. The summed E-state index contributed by atoms with van der Waals surface area (Å²) in [6.07, 6.45) is 1.05. The summed E-state index contributed by atoms with van der Waals surface area (Å²) >= 11 is 1.44. The Morgan fingerprint density at radius 3 is 2.73 bits per heavy atom. The third-order valence-corrected chi connectivity index (χ3v) is 5.43. The number of aryl methyl sites for hydroxylation is 1. The number of rotatable bonds is 7. The van der Waals surface area contributed by atoms with Crippen LogP contribution in [0.15, 0.2) is 57.1 Å². The minimum Gasteiger partial charge on any atom is -0.378 e. The van der Waals surface area contributed by atoms with Crippen LogP contribution >= 0.6 is 11.8 Å². The van der Waals surface area contributed by atoms with E-state index in [2.05, 4.69) is 35.8 Å². The molecule has 0 fully saturated rings. The molecule has 10 nitrogen and oxygen atoms in total. The zero-order chi connectivity index (χ0) is 23.4. The van der Waals surface area contributed by atoms with Crippen molar-refractivity contribution in [1.29, 1.82) is 0 Å². The third kappa shape index (κ3) is 5.03. The number of nitrogens with zero attached hydrogens (tertiary/aromatic N) is 6. The second kappa shape index (κ2) is 9.56. The first-order chi connectivity index (χ1) is 15.9. The maximum Gasteiger partial charge on any atom is 0.293 e. The summed E-state index contributed by atoms with van der Waals surface area (Å²) in [5.74, 6) is -1.90. The average molecular weight is 470 g/mol. The third-order valence-electron chi connectivity index (χ3n) is 4.40. The second-order valence-corrected chi connectivity index (χ2v) is 7.79. The summed E-state index contributed by atoms with van der Waals surface area (Å²) in [5, 5.41) is 18.8. The second-order valence-electron chi connectivity index (χ2n) is 6.74. The number of nitrogens with two attached hydrogens (primary N) is 1. The number of halogens is 2. The van der Waals surface area contributed by atoms with Gasteiger partial charge in [-0.15, -0.1) is 16.9 Å². The molecule has 13 heteroatoms. The lowest BCUT2D eigenvalue weighted by atomic mass is 10.2. The fraction of sp³-hybridized carbons (Fsp3) is 0.100. The molecule has 0 saturated heterocycles. The largest absolute Gasteiger partial charge is 0.378 e. The first-order valence-corrected chi connectivity index (χ1v) is 10.4. The van der Waals surface area contributed by atoms with E-state index in [4.69, 9.17) is 5.73 Å². The summed E-state index contributed by atoms with van der Waals surface area (Å²) in [6, 6.07) is 10.8. The van der Waals surface area contributed by atoms with Crippen LogP contribution in [0.2, 0.25) is 0 Å². The zero-order valence-corrected chi connectivity index (χ0v) is 17.9. The molecule has 0 unspecified atom stereocenters. The molecule has 0 radical (unpaired) electrons. The van der Waals surface area contributed by atoms with Gasteiger partial charge in [0.15, 0.2) is 5.69 Å². The Labute approximate surface area is 189 Å². The molecule has 0 bridgehead atoms. The Bertz CT molecular complexity index is 1320. The minimum absolute atomic E-state index is 0.00282. The number of nitrogens with one attached hydrogen (secondary N) is 1. The van der Waals surface area contributed by atoms with Gasteiger partial charge < -0.3 is 5.73 Å². The maximum absolute atomic E-state index is 13.7. The number of carbonyl (C=O) groups is 1. The predicted molar refractivity (Wildman–Crippen MR) is 116 cm³/mol. The molecule has 2 aromatic carbocycles. The zero-order valence-electron chi connectivity index (χ0n) is 17.1. The molecule has 0 atom stereocenters. The fourth-order valence-corrected chi connectivity index (χ4v) is 3.61. The number of carbonyl (C=O) groups excluding carboxylic acids is 1. The predicted octanol–water partition coefficient (Wildman–Crippen LogP) is 2.88. The van der Waals surface area contributed by atoms with Crippen LogP contribution in [0.4, 0.5) is 14.6 Å². The fourth-order valence-electron chi connectivity index (χ4n) is 2.72. The van der Waals surface area contributed by atoms with Crippen LogP contribution in [-0.2, 0) is 5.75 Å². The van der Waals surface area contributed by atoms with Crippen molar-refractivity contribution in [2.45, 2.75) is 17.6 Å². The topological polar surface area (TPSA) is 137 Å². The number of amides is 1. The van der Waals surface area contributed by atoms with Crippen LogP contribution in [0.3, 0.4) is 0 Å². The lowest BCUT2D eigenvalue weighted by Crippen LogP contribution is -2.20. The van der Waals surface area contributed by atoms with E-state index in [-0.39, 0.29) is 28.6 Å². The van der Waals surface area contributed by atoms with Crippen LogP contribution in [0.5, 0.6) is 0 Å². The maximum atomic E-state index is 13.7. The molecule has 168 valence electrons. The number of hydrogen-bond donors (Lipinski definition) is 2. The van der Waals surface area contributed by atoms with Crippen LogP contribution in [0, 0.1) is 18.6 Å². The van der Waals surface area contributed by atoms with Crippen molar-refractivity contribution in [2.24, 2.45) is 5.10 Å². The van der Waals surface area contributed by atoms with Crippen molar-refractivity contribution in [3.8, 4) is 5.82 Å². The molecule has 0 aliphatic rings. The lowest BCUT2D eigenvalue weighted by Gasteiger charge is -2.06. The van der Waals surface area contributed by atoms with Crippen molar-refractivity contribution in [1.82, 2.24) is 30.7 Å². The van der Waals surface area contributed by atoms with Gasteiger partial charge in [0.1, 0.15) is 11.6 Å². The van der Waals surface area contributed by atoms with E-state index in [0.29, 0.717) is 11.8 Å². The van der Waals surface area contributed by atoms with Gasteiger partial charge in [-0.2, -0.15) is 9.78 Å². The van der Waals surface area contributed by atoms with E-state index >= 15 is 0 Å². The average Bonchev–Trinajstić information content (AvgIpc) is 3.40. The molecule has 4 rings (SSSR count). The molecule has 4 aromatic rings. The molecule has 2 aromatic heterocycles. The van der Waals surface area contributed by atoms with E-state index in [1.807, 2.05) is 31.2 Å². The molecule has 1 amide bonds. The molecule has 2 heterocycles. The highest BCUT2D eigenvalue weighted by atomic mass is 32.2. The van der Waals surface area contributed by atoms with Gasteiger partial charge in [-0.1, -0.05) is 22.9 Å². The molecule has 0 spiro atoms. The van der Waals surface area contributed by atoms with Crippen molar-refractivity contribution in [3.05, 3.63) is 76.6 Å². The van der Waals surface area contributed by atoms with E-state index < -0.39 is 17.5 Å². The number of nitrogen functional groups attached to an aromatic ring is 1. The quantitative estimate of drug-likeness (QED) is 0.239. The molecule has 0 saturated carbocycles. The summed E-state index contributed by atoms with van der Waals surface area (Å²) < 4.78 is 32.7. The molecule has 0 aliphatic heterocycles. The van der Waals surface area contributed by atoms with Gasteiger partial charge in [0, 0.05) is 22.3 Å². The van der Waals surface area contributed by atoms with Crippen molar-refractivity contribution >= 4 is 29.7 Å². The monoisotopic (exact) mass is 470 g/mol. The highest BCUT2D eigenvalue weighted by Gasteiger charge is 2.24. The Balaban J connectivity index is 1.57. The van der Waals surface area contributed by atoms with Crippen molar-refractivity contribution in [3.63, 3.8) is 0 Å². The van der Waals surface area contributed by atoms with Crippen LogP contribution in [0.25, 0.3) is 5.82 Å². The highest BCUT2D eigenvalue weighted by molar-refractivity contribution is 7.98. The number of hydrogen-bond acceptors (Lipinski definition) is 9. The van der Waals surface area contributed by atoms with Gasteiger partial charge in [-0.05, 0) is 41.5 Å². The normalized spacial score (nSPS) is 11.2. The summed E-state index contributed by atoms with van der Waals surface area (Å²) in [6.45, 7) is 1.98. The summed E-state index contributed by atoms with van der Waals surface area (Å²) in [7, 11) is 0. The number of anilines is 1. The van der Waals surface area contributed by atoms with Gasteiger partial charge in [-0.3, -0.25) is 4.79 Å². The molecule has 0 aliphatic carbocycles. The van der Waals surface area contributed by atoms with Crippen LogP contribution in [-0.4, -0.2) is 37.4 Å². The van der Waals surface area contributed by atoms with Crippen molar-refractivity contribution in [2.75, 3.05) is 5.73 Å². The summed E-state index contributed by atoms with van der Waals surface area (Å²) in [5.41, 5.74) is 9.46. The van der Waals surface area contributed by atoms with Crippen molar-refractivity contribution < 1.29 is 18.2 Å². The summed E-state index contributed by atoms with van der Waals surface area (Å²) in [4.78, 5) is 13.7. The first kappa shape index (κ1) is 22.1. The van der Waals surface area contributed by atoms with E-state index in [0.717, 1.165) is 22.7 Å². The van der Waals surface area contributed by atoms with E-state index in [9.17, 15) is 13.6 Å². The minimum atomic E-state index is -0.817. The van der Waals surface area contributed by atoms with E-state index in [1.165, 1.54) is 22.5 Å². The standard InChI is InChI=1S/C20H16F2N8O2S/c1-11-2-6-14(7-3-11)33-10-16-17(25-29-30(16)19-18(23)27-32-28-19)20(31)26-24-9-12-4-5-13(21)8-15(12)22/h2-9H,10H2,1H3,(H2,23,27)(H,26,31)/b24-9+. The number of aromatic nitrogens is 5. The van der Waals surface area contributed by atoms with Gasteiger partial charge in [0.25, 0.3) is 5.91 Å². The molecule has 3 N–H and O–H groups in total. The smallest absolute Gasteiger partial charge is 0.293 e. The van der Waals surface area contributed by atoms with Crippen LogP contribution in [0.1, 0.15) is 27.3 Å². The Kier molecular flexibility index (Phi) is 6.40. The number of benzene rings is 2. The Morgan fingerprint density at radius 2 is 2.03 bits per heavy atom. The Hall–Kier alpha value is -4.13. The lowest BCUT2D eigenvalue weighted by molar-refractivity contribution is 0.0949. The van der Waals surface area contributed by atoms with Crippen LogP contribution < -0.4 is 11.2 Å². The molecular formula is C20H16F2N8O2S. The molecule has 33 heavy (non-hydrogen) atoms. The van der Waals surface area contributed by atoms with Gasteiger partial charge in [0.05, 0.1) is 11.9 Å². The first-order valence-electron chi connectivity index (χ1n) is 9.43. The van der Waals surface area contributed by atoms with Gasteiger partial charge in [0.2, 0.25) is 11.6 Å². The van der Waals surface area contributed by atoms with Gasteiger partial charge in [-0.25, -0.2) is 18.8 Å². The highest BCUT2D eigenvalue weighted by Crippen LogP contribution is 2.26. The Morgan fingerprint density at radius 1 is 1.24 bits per heavy atom. The van der Waals surface area contributed by atoms with Gasteiger partial charge >= 0.3 is 0 Å². The molecular weight excluding hydrogens is 454 g/mol.